The first kappa shape index (κ1) is 19.4. The molecule has 0 radical (unpaired) electrons. The lowest BCUT2D eigenvalue weighted by molar-refractivity contribution is -0.148. The first-order chi connectivity index (χ1) is 12.3. The Balaban J connectivity index is 1.76. The minimum absolute atomic E-state index is 0.0192. The largest absolute Gasteiger partial charge is 0.469 e. The number of imide groups is 1. The Bertz CT molecular complexity index is 754. The lowest BCUT2D eigenvalue weighted by atomic mass is 9.87. The van der Waals surface area contributed by atoms with Gasteiger partial charge in [-0.1, -0.05) is 32.9 Å². The third kappa shape index (κ3) is 5.88. The van der Waals surface area contributed by atoms with Gasteiger partial charge < -0.3 is 9.15 Å². The standard InChI is InChI=1S/C20H23NO5/c1-20(2,3)15-8-6-14(7-9-15)19(24)21-17(22)13-26-18(23)11-10-16-5-4-12-25-16/h4-9,12H,10-11,13H2,1-3H3,(H,21,22,24). The summed E-state index contributed by atoms with van der Waals surface area (Å²) in [5, 5.41) is 2.21. The zero-order valence-electron chi connectivity index (χ0n) is 15.2. The fraction of sp³-hybridized carbons (Fsp3) is 0.350. The fourth-order valence-electron chi connectivity index (χ4n) is 2.25. The number of nitrogens with one attached hydrogen (secondary N) is 1. The Morgan fingerprint density at radius 3 is 2.35 bits per heavy atom. The van der Waals surface area contributed by atoms with Crippen LogP contribution >= 0.6 is 0 Å². The van der Waals surface area contributed by atoms with Gasteiger partial charge >= 0.3 is 5.97 Å². The summed E-state index contributed by atoms with van der Waals surface area (Å²) in [6, 6.07) is 10.5. The Morgan fingerprint density at radius 2 is 1.77 bits per heavy atom. The highest BCUT2D eigenvalue weighted by Crippen LogP contribution is 2.22. The molecule has 0 unspecified atom stereocenters. The molecule has 1 heterocycles. The minimum atomic E-state index is -0.666. The Hall–Kier alpha value is -2.89. The fourth-order valence-corrected chi connectivity index (χ4v) is 2.25. The summed E-state index contributed by atoms with van der Waals surface area (Å²) in [5.41, 5.74) is 1.44. The van der Waals surface area contributed by atoms with Crippen molar-refractivity contribution >= 4 is 17.8 Å². The van der Waals surface area contributed by atoms with Crippen LogP contribution in [0.4, 0.5) is 0 Å². The molecule has 0 saturated heterocycles. The van der Waals surface area contributed by atoms with Gasteiger partial charge in [0.25, 0.3) is 11.8 Å². The predicted molar refractivity (Wildman–Crippen MR) is 95.6 cm³/mol. The summed E-state index contributed by atoms with van der Waals surface area (Å²) in [6.45, 7) is 5.73. The number of furan rings is 1. The molecule has 6 heteroatoms. The molecule has 2 rings (SSSR count). The molecule has 0 saturated carbocycles. The van der Waals surface area contributed by atoms with Crippen LogP contribution in [0.5, 0.6) is 0 Å². The third-order valence-electron chi connectivity index (χ3n) is 3.79. The Morgan fingerprint density at radius 1 is 1.08 bits per heavy atom. The van der Waals surface area contributed by atoms with Crippen LogP contribution in [0.1, 0.15) is 48.9 Å². The molecule has 0 atom stereocenters. The van der Waals surface area contributed by atoms with Gasteiger partial charge in [0, 0.05) is 12.0 Å². The van der Waals surface area contributed by atoms with Gasteiger partial charge in [0.05, 0.1) is 12.7 Å². The molecule has 2 amide bonds. The van der Waals surface area contributed by atoms with Gasteiger partial charge in [-0.3, -0.25) is 19.7 Å². The van der Waals surface area contributed by atoms with E-state index < -0.39 is 24.4 Å². The number of rotatable bonds is 6. The number of ether oxygens (including phenoxy) is 1. The van der Waals surface area contributed by atoms with Gasteiger partial charge in [0.2, 0.25) is 0 Å². The highest BCUT2D eigenvalue weighted by Gasteiger charge is 2.16. The molecular formula is C20H23NO5. The third-order valence-corrected chi connectivity index (χ3v) is 3.79. The van der Waals surface area contributed by atoms with Gasteiger partial charge in [-0.15, -0.1) is 0 Å². The van der Waals surface area contributed by atoms with E-state index >= 15 is 0 Å². The maximum atomic E-state index is 12.1. The van der Waals surface area contributed by atoms with Crippen molar-refractivity contribution in [3.05, 3.63) is 59.5 Å². The Labute approximate surface area is 152 Å². The quantitative estimate of drug-likeness (QED) is 0.803. The monoisotopic (exact) mass is 357 g/mol. The van der Waals surface area contributed by atoms with Crippen molar-refractivity contribution in [2.24, 2.45) is 0 Å². The highest BCUT2D eigenvalue weighted by atomic mass is 16.5. The number of hydrogen-bond donors (Lipinski definition) is 1. The molecule has 1 N–H and O–H groups in total. The summed E-state index contributed by atoms with van der Waals surface area (Å²) in [5.74, 6) is -1.05. The van der Waals surface area contributed by atoms with Crippen molar-refractivity contribution in [1.29, 1.82) is 0 Å². The van der Waals surface area contributed by atoms with E-state index in [2.05, 4.69) is 26.1 Å². The summed E-state index contributed by atoms with van der Waals surface area (Å²) in [6.07, 6.45) is 2.02. The van der Waals surface area contributed by atoms with Crippen LogP contribution in [-0.4, -0.2) is 24.4 Å². The number of benzene rings is 1. The van der Waals surface area contributed by atoms with Crippen LogP contribution in [0.15, 0.2) is 47.1 Å². The normalized spacial score (nSPS) is 11.0. The van der Waals surface area contributed by atoms with E-state index in [4.69, 9.17) is 9.15 Å². The van der Waals surface area contributed by atoms with Crippen LogP contribution in [0.3, 0.4) is 0 Å². The molecule has 0 bridgehead atoms. The van der Waals surface area contributed by atoms with Gasteiger partial charge in [-0.05, 0) is 35.2 Å². The van der Waals surface area contributed by atoms with E-state index in [0.717, 1.165) is 5.56 Å². The summed E-state index contributed by atoms with van der Waals surface area (Å²) >= 11 is 0. The maximum Gasteiger partial charge on any atom is 0.306 e. The molecule has 0 fully saturated rings. The molecular weight excluding hydrogens is 334 g/mol. The number of esters is 1. The van der Waals surface area contributed by atoms with Crippen molar-refractivity contribution < 1.29 is 23.5 Å². The van der Waals surface area contributed by atoms with Gasteiger partial charge in [-0.2, -0.15) is 0 Å². The van der Waals surface area contributed by atoms with Crippen molar-refractivity contribution in [2.45, 2.75) is 39.0 Å². The second kappa shape index (κ2) is 8.47. The molecule has 138 valence electrons. The molecule has 0 spiro atoms. The average molecular weight is 357 g/mol. The molecule has 0 aliphatic rings. The summed E-state index contributed by atoms with van der Waals surface area (Å²) in [7, 11) is 0. The Kier molecular flexibility index (Phi) is 6.33. The van der Waals surface area contributed by atoms with Crippen molar-refractivity contribution in [2.75, 3.05) is 6.61 Å². The number of carbonyl (C=O) groups excluding carboxylic acids is 3. The molecule has 2 aromatic rings. The molecule has 6 nitrogen and oxygen atoms in total. The molecule has 1 aromatic carbocycles. The molecule has 0 aliphatic carbocycles. The van der Waals surface area contributed by atoms with Crippen LogP contribution in [-0.2, 0) is 26.2 Å². The van der Waals surface area contributed by atoms with Gasteiger partial charge in [0.15, 0.2) is 6.61 Å². The topological polar surface area (TPSA) is 85.6 Å². The lowest BCUT2D eigenvalue weighted by Gasteiger charge is -2.18. The number of amides is 2. The molecule has 0 aliphatic heterocycles. The van der Waals surface area contributed by atoms with Gasteiger partial charge in [0.1, 0.15) is 5.76 Å². The van der Waals surface area contributed by atoms with Crippen LogP contribution in [0.25, 0.3) is 0 Å². The van der Waals surface area contributed by atoms with Gasteiger partial charge in [-0.25, -0.2) is 0 Å². The van der Waals surface area contributed by atoms with Crippen LogP contribution < -0.4 is 5.32 Å². The van der Waals surface area contributed by atoms with Crippen LogP contribution in [0, 0.1) is 0 Å². The van der Waals surface area contributed by atoms with E-state index in [1.54, 1.807) is 24.3 Å². The van der Waals surface area contributed by atoms with Crippen molar-refractivity contribution in [1.82, 2.24) is 5.32 Å². The first-order valence-electron chi connectivity index (χ1n) is 8.38. The smallest absolute Gasteiger partial charge is 0.306 e. The van der Waals surface area contributed by atoms with Crippen molar-refractivity contribution in [3.63, 3.8) is 0 Å². The SMILES string of the molecule is CC(C)(C)c1ccc(C(=O)NC(=O)COC(=O)CCc2ccco2)cc1. The second-order valence-corrected chi connectivity index (χ2v) is 6.94. The number of hydrogen-bond acceptors (Lipinski definition) is 5. The minimum Gasteiger partial charge on any atom is -0.469 e. The predicted octanol–water partition coefficient (Wildman–Crippen LogP) is 3.01. The van der Waals surface area contributed by atoms with E-state index in [1.165, 1.54) is 6.26 Å². The molecule has 26 heavy (non-hydrogen) atoms. The first-order valence-corrected chi connectivity index (χ1v) is 8.38. The lowest BCUT2D eigenvalue weighted by Crippen LogP contribution is -2.34. The van der Waals surface area contributed by atoms with E-state index in [-0.39, 0.29) is 11.8 Å². The number of aryl methyl sites for hydroxylation is 1. The van der Waals surface area contributed by atoms with E-state index in [0.29, 0.717) is 17.7 Å². The molecule has 1 aromatic heterocycles. The number of carbonyl (C=O) groups is 3. The summed E-state index contributed by atoms with van der Waals surface area (Å²) in [4.78, 5) is 35.4. The van der Waals surface area contributed by atoms with Crippen LogP contribution in [0.2, 0.25) is 0 Å². The maximum absolute atomic E-state index is 12.1. The zero-order valence-corrected chi connectivity index (χ0v) is 15.2. The van der Waals surface area contributed by atoms with E-state index in [9.17, 15) is 14.4 Å². The second-order valence-electron chi connectivity index (χ2n) is 6.94. The highest BCUT2D eigenvalue weighted by molar-refractivity contribution is 6.05. The zero-order chi connectivity index (χ0) is 19.2. The summed E-state index contributed by atoms with van der Waals surface area (Å²) < 4.78 is 9.97. The van der Waals surface area contributed by atoms with Crippen molar-refractivity contribution in [3.8, 4) is 0 Å². The average Bonchev–Trinajstić information content (AvgIpc) is 3.11. The van der Waals surface area contributed by atoms with E-state index in [1.807, 2.05) is 12.1 Å².